The topological polar surface area (TPSA) is 75.9 Å². The zero-order chi connectivity index (χ0) is 19.7. The number of amides is 1. The lowest BCUT2D eigenvalue weighted by Crippen LogP contribution is -2.33. The number of benzene rings is 1. The molecule has 2 aromatic heterocycles. The Morgan fingerprint density at radius 2 is 2.07 bits per heavy atom. The molecule has 0 aliphatic carbocycles. The second kappa shape index (κ2) is 7.87. The smallest absolute Gasteiger partial charge is 0.246 e. The van der Waals surface area contributed by atoms with Gasteiger partial charge in [-0.3, -0.25) is 4.79 Å². The first-order valence-corrected chi connectivity index (χ1v) is 10.3. The third-order valence-electron chi connectivity index (χ3n) is 5.25. The molecule has 0 unspecified atom stereocenters. The van der Waals surface area contributed by atoms with Crippen LogP contribution in [0, 0.1) is 12.8 Å². The van der Waals surface area contributed by atoms with E-state index in [0.29, 0.717) is 5.65 Å². The number of nitrogens with zero attached hydrogens (tertiary/aromatic N) is 5. The highest BCUT2D eigenvalue weighted by Crippen LogP contribution is 2.27. The van der Waals surface area contributed by atoms with Crippen LogP contribution in [0.5, 0.6) is 0 Å². The summed E-state index contributed by atoms with van der Waals surface area (Å²) < 4.78 is 2.62. The van der Waals surface area contributed by atoms with Crippen LogP contribution in [0.4, 0.5) is 11.5 Å². The van der Waals surface area contributed by atoms with E-state index >= 15 is 0 Å². The van der Waals surface area contributed by atoms with Crippen molar-refractivity contribution in [2.45, 2.75) is 33.2 Å². The molecule has 0 spiro atoms. The van der Waals surface area contributed by atoms with Crippen molar-refractivity contribution in [3.8, 4) is 0 Å². The van der Waals surface area contributed by atoms with E-state index in [1.165, 1.54) is 0 Å². The predicted octanol–water partition coefficient (Wildman–Crippen LogP) is 3.77. The van der Waals surface area contributed by atoms with Crippen molar-refractivity contribution in [3.05, 3.63) is 40.8 Å². The summed E-state index contributed by atoms with van der Waals surface area (Å²) in [7, 11) is 0. The second-order valence-electron chi connectivity index (χ2n) is 7.41. The number of hydrogen-bond acceptors (Lipinski definition) is 5. The molecule has 28 heavy (non-hydrogen) atoms. The Labute approximate surface area is 172 Å². The van der Waals surface area contributed by atoms with Crippen LogP contribution in [0.2, 0.25) is 0 Å². The molecule has 1 aromatic carbocycles. The zero-order valence-corrected chi connectivity index (χ0v) is 17.6. The SMILES string of the molecule is Cc1cc(Br)ccc1NC(=O)Cn1ncc2c(N3CCC(C)CC3)ncnc21. The van der Waals surface area contributed by atoms with Crippen molar-refractivity contribution in [1.29, 1.82) is 0 Å². The number of hydrogen-bond donors (Lipinski definition) is 1. The normalized spacial score (nSPS) is 15.2. The summed E-state index contributed by atoms with van der Waals surface area (Å²) in [6.45, 7) is 6.33. The third kappa shape index (κ3) is 3.87. The molecule has 3 heterocycles. The lowest BCUT2D eigenvalue weighted by molar-refractivity contribution is -0.116. The van der Waals surface area contributed by atoms with Gasteiger partial charge in [-0.1, -0.05) is 22.9 Å². The molecule has 1 N–H and O–H groups in total. The van der Waals surface area contributed by atoms with Crippen LogP contribution in [0.15, 0.2) is 35.2 Å². The van der Waals surface area contributed by atoms with Gasteiger partial charge in [-0.2, -0.15) is 5.10 Å². The van der Waals surface area contributed by atoms with Gasteiger partial charge in [0.1, 0.15) is 18.7 Å². The van der Waals surface area contributed by atoms with Crippen LogP contribution in [0.25, 0.3) is 11.0 Å². The lowest BCUT2D eigenvalue weighted by Gasteiger charge is -2.31. The molecule has 7 nitrogen and oxygen atoms in total. The van der Waals surface area contributed by atoms with Gasteiger partial charge in [-0.15, -0.1) is 0 Å². The number of aromatic nitrogens is 4. The fourth-order valence-corrected chi connectivity index (χ4v) is 4.04. The Hall–Kier alpha value is -2.48. The highest BCUT2D eigenvalue weighted by atomic mass is 79.9. The van der Waals surface area contributed by atoms with Crippen molar-refractivity contribution < 1.29 is 4.79 Å². The van der Waals surface area contributed by atoms with Crippen molar-refractivity contribution in [3.63, 3.8) is 0 Å². The van der Waals surface area contributed by atoms with E-state index in [-0.39, 0.29) is 12.5 Å². The van der Waals surface area contributed by atoms with Crippen LogP contribution in [-0.2, 0) is 11.3 Å². The summed E-state index contributed by atoms with van der Waals surface area (Å²) in [6.07, 6.45) is 5.65. The molecule has 146 valence electrons. The summed E-state index contributed by atoms with van der Waals surface area (Å²) in [4.78, 5) is 23.7. The fourth-order valence-electron chi connectivity index (χ4n) is 3.56. The number of nitrogens with one attached hydrogen (secondary N) is 1. The molecular weight excluding hydrogens is 420 g/mol. The summed E-state index contributed by atoms with van der Waals surface area (Å²) in [5.74, 6) is 1.52. The van der Waals surface area contributed by atoms with Gasteiger partial charge in [0.15, 0.2) is 5.65 Å². The van der Waals surface area contributed by atoms with E-state index in [0.717, 1.165) is 58.8 Å². The molecule has 0 radical (unpaired) electrons. The van der Waals surface area contributed by atoms with Gasteiger partial charge in [0.2, 0.25) is 5.91 Å². The minimum atomic E-state index is -0.137. The highest BCUT2D eigenvalue weighted by Gasteiger charge is 2.21. The molecule has 1 aliphatic rings. The molecule has 1 fully saturated rings. The third-order valence-corrected chi connectivity index (χ3v) is 5.74. The molecule has 4 rings (SSSR count). The molecule has 1 saturated heterocycles. The van der Waals surface area contributed by atoms with E-state index in [4.69, 9.17) is 0 Å². The summed E-state index contributed by atoms with van der Waals surface area (Å²) in [5, 5.41) is 8.25. The first kappa shape index (κ1) is 18.9. The molecule has 1 aliphatic heterocycles. The Bertz CT molecular complexity index is 1010. The highest BCUT2D eigenvalue weighted by molar-refractivity contribution is 9.10. The molecule has 3 aromatic rings. The maximum atomic E-state index is 12.5. The van der Waals surface area contributed by atoms with E-state index < -0.39 is 0 Å². The Morgan fingerprint density at radius 3 is 2.82 bits per heavy atom. The van der Waals surface area contributed by atoms with Crippen LogP contribution < -0.4 is 10.2 Å². The average molecular weight is 443 g/mol. The molecule has 0 saturated carbocycles. The largest absolute Gasteiger partial charge is 0.356 e. The Balaban J connectivity index is 1.53. The maximum absolute atomic E-state index is 12.5. The summed E-state index contributed by atoms with van der Waals surface area (Å²) >= 11 is 3.44. The van der Waals surface area contributed by atoms with Gasteiger partial charge in [0.25, 0.3) is 0 Å². The van der Waals surface area contributed by atoms with Crippen molar-refractivity contribution in [2.24, 2.45) is 5.92 Å². The summed E-state index contributed by atoms with van der Waals surface area (Å²) in [5.41, 5.74) is 2.48. The van der Waals surface area contributed by atoms with Gasteiger partial charge >= 0.3 is 0 Å². The number of carbonyl (C=O) groups is 1. The first-order chi connectivity index (χ1) is 13.5. The number of fused-ring (bicyclic) bond motifs is 1. The van der Waals surface area contributed by atoms with Crippen LogP contribution in [-0.4, -0.2) is 38.7 Å². The number of anilines is 2. The van der Waals surface area contributed by atoms with E-state index in [9.17, 15) is 4.79 Å². The molecule has 0 bridgehead atoms. The number of halogens is 1. The number of piperidine rings is 1. The fraction of sp³-hybridized carbons (Fsp3) is 0.400. The van der Waals surface area contributed by atoms with Crippen molar-refractivity contribution in [2.75, 3.05) is 23.3 Å². The standard InChI is InChI=1S/C20H23BrN6O/c1-13-5-7-26(8-6-13)19-16-10-24-27(20(16)23-12-22-19)11-18(28)25-17-4-3-15(21)9-14(17)2/h3-4,9-10,12-13H,5-8,11H2,1-2H3,(H,25,28). The van der Waals surface area contributed by atoms with Gasteiger partial charge in [0.05, 0.1) is 11.6 Å². The van der Waals surface area contributed by atoms with Crippen LogP contribution in [0.3, 0.4) is 0 Å². The maximum Gasteiger partial charge on any atom is 0.246 e. The van der Waals surface area contributed by atoms with Crippen LogP contribution >= 0.6 is 15.9 Å². The minimum absolute atomic E-state index is 0.104. The zero-order valence-electron chi connectivity index (χ0n) is 16.0. The van der Waals surface area contributed by atoms with Gasteiger partial charge < -0.3 is 10.2 Å². The van der Waals surface area contributed by atoms with Crippen molar-refractivity contribution >= 4 is 44.4 Å². The van der Waals surface area contributed by atoms with Gasteiger partial charge in [-0.25, -0.2) is 14.6 Å². The van der Waals surface area contributed by atoms with E-state index in [2.05, 4.69) is 48.1 Å². The Morgan fingerprint density at radius 1 is 1.29 bits per heavy atom. The quantitative estimate of drug-likeness (QED) is 0.665. The monoisotopic (exact) mass is 442 g/mol. The van der Waals surface area contributed by atoms with Gasteiger partial charge in [0, 0.05) is 23.2 Å². The van der Waals surface area contributed by atoms with Gasteiger partial charge in [-0.05, 0) is 49.4 Å². The first-order valence-electron chi connectivity index (χ1n) is 9.48. The molecular formula is C20H23BrN6O. The molecule has 1 amide bonds. The minimum Gasteiger partial charge on any atom is -0.356 e. The van der Waals surface area contributed by atoms with Crippen molar-refractivity contribution in [1.82, 2.24) is 19.7 Å². The van der Waals surface area contributed by atoms with E-state index in [1.807, 2.05) is 25.1 Å². The number of carbonyl (C=O) groups excluding carboxylic acids is 1. The molecule has 8 heteroatoms. The summed E-state index contributed by atoms with van der Waals surface area (Å²) in [6, 6.07) is 5.76. The average Bonchev–Trinajstić information content (AvgIpc) is 3.08. The Kier molecular flexibility index (Phi) is 5.30. The van der Waals surface area contributed by atoms with E-state index in [1.54, 1.807) is 17.2 Å². The molecule has 0 atom stereocenters. The second-order valence-corrected chi connectivity index (χ2v) is 8.33. The predicted molar refractivity (Wildman–Crippen MR) is 113 cm³/mol. The lowest BCUT2D eigenvalue weighted by atomic mass is 9.99. The number of rotatable bonds is 4. The number of aryl methyl sites for hydroxylation is 1. The van der Waals surface area contributed by atoms with Crippen LogP contribution in [0.1, 0.15) is 25.3 Å².